The monoisotopic (exact) mass is 434 g/mol. The molecule has 0 atom stereocenters. The number of amides is 1. The molecule has 1 amide bonds. The van der Waals surface area contributed by atoms with Crippen molar-refractivity contribution in [2.45, 2.75) is 20.1 Å². The molecular weight excluding hydrogens is 404 g/mol. The second-order valence-electron chi connectivity index (χ2n) is 7.98. The van der Waals surface area contributed by atoms with Crippen LogP contribution in [0.1, 0.15) is 28.4 Å². The van der Waals surface area contributed by atoms with Gasteiger partial charge in [0.15, 0.2) is 0 Å². The van der Waals surface area contributed by atoms with E-state index in [1.54, 1.807) is 0 Å². The van der Waals surface area contributed by atoms with Crippen molar-refractivity contribution in [3.63, 3.8) is 0 Å². The van der Waals surface area contributed by atoms with E-state index in [2.05, 4.69) is 10.00 Å². The quantitative estimate of drug-likeness (QED) is 0.544. The van der Waals surface area contributed by atoms with Crippen molar-refractivity contribution in [2.75, 3.05) is 32.8 Å². The highest BCUT2D eigenvalue weighted by Crippen LogP contribution is 2.19. The number of aromatic nitrogens is 2. The first-order valence-electron chi connectivity index (χ1n) is 11.0. The van der Waals surface area contributed by atoms with Gasteiger partial charge in [-0.1, -0.05) is 12.1 Å². The smallest absolute Gasteiger partial charge is 0.253 e. The standard InChI is InChI=1S/C25H30N4O3/c1-3-31-23-7-9-24(10-8-23)32-19-20-5-4-6-22(15-20)25(30)29-13-11-28(12-14-29)18-21-16-26-27(2)17-21/h4-10,15-17H,3,11-14,18-19H2,1-2H3. The number of aryl methyl sites for hydroxylation is 1. The third kappa shape index (κ3) is 5.68. The highest BCUT2D eigenvalue weighted by Gasteiger charge is 2.22. The molecule has 0 bridgehead atoms. The van der Waals surface area contributed by atoms with E-state index < -0.39 is 0 Å². The second-order valence-corrected chi connectivity index (χ2v) is 7.98. The molecule has 0 N–H and O–H groups in total. The Labute approximate surface area is 189 Å². The van der Waals surface area contributed by atoms with Gasteiger partial charge in [0.05, 0.1) is 12.8 Å². The number of piperazine rings is 1. The van der Waals surface area contributed by atoms with Crippen LogP contribution < -0.4 is 9.47 Å². The summed E-state index contributed by atoms with van der Waals surface area (Å²) in [5, 5.41) is 4.23. The maximum atomic E-state index is 13.0. The number of rotatable bonds is 8. The summed E-state index contributed by atoms with van der Waals surface area (Å²) in [5.74, 6) is 1.68. The van der Waals surface area contributed by atoms with Crippen LogP contribution in [0.5, 0.6) is 11.5 Å². The van der Waals surface area contributed by atoms with Crippen LogP contribution in [-0.2, 0) is 20.2 Å². The lowest BCUT2D eigenvalue weighted by molar-refractivity contribution is 0.0628. The second kappa shape index (κ2) is 10.3. The first-order valence-corrected chi connectivity index (χ1v) is 11.0. The highest BCUT2D eigenvalue weighted by atomic mass is 16.5. The molecule has 0 saturated carbocycles. The molecule has 0 spiro atoms. The molecule has 1 saturated heterocycles. The highest BCUT2D eigenvalue weighted by molar-refractivity contribution is 5.94. The van der Waals surface area contributed by atoms with Crippen LogP contribution in [0.4, 0.5) is 0 Å². The molecule has 3 aromatic rings. The molecule has 2 heterocycles. The molecule has 0 unspecified atom stereocenters. The summed E-state index contributed by atoms with van der Waals surface area (Å²) in [7, 11) is 1.93. The number of hydrogen-bond acceptors (Lipinski definition) is 5. The van der Waals surface area contributed by atoms with Gasteiger partial charge in [-0.05, 0) is 48.9 Å². The van der Waals surface area contributed by atoms with E-state index in [0.717, 1.165) is 49.8 Å². The summed E-state index contributed by atoms with van der Waals surface area (Å²) >= 11 is 0. The predicted octanol–water partition coefficient (Wildman–Crippen LogP) is 3.36. The van der Waals surface area contributed by atoms with Crippen molar-refractivity contribution in [1.82, 2.24) is 19.6 Å². The Morgan fingerprint density at radius 3 is 2.34 bits per heavy atom. The fourth-order valence-electron chi connectivity index (χ4n) is 3.86. The molecule has 168 valence electrons. The first kappa shape index (κ1) is 21.9. The van der Waals surface area contributed by atoms with Crippen LogP contribution in [0.15, 0.2) is 60.9 Å². The van der Waals surface area contributed by atoms with Gasteiger partial charge < -0.3 is 14.4 Å². The Morgan fingerprint density at radius 2 is 1.69 bits per heavy atom. The molecule has 0 radical (unpaired) electrons. The zero-order valence-corrected chi connectivity index (χ0v) is 18.7. The molecule has 7 nitrogen and oxygen atoms in total. The predicted molar refractivity (Wildman–Crippen MR) is 123 cm³/mol. The van der Waals surface area contributed by atoms with E-state index in [0.29, 0.717) is 18.8 Å². The molecule has 1 aliphatic heterocycles. The van der Waals surface area contributed by atoms with Gasteiger partial charge in [0.1, 0.15) is 18.1 Å². The van der Waals surface area contributed by atoms with E-state index in [-0.39, 0.29) is 5.91 Å². The van der Waals surface area contributed by atoms with Crippen LogP contribution in [0.2, 0.25) is 0 Å². The van der Waals surface area contributed by atoms with E-state index in [9.17, 15) is 4.79 Å². The zero-order chi connectivity index (χ0) is 22.3. The Kier molecular flexibility index (Phi) is 7.07. The lowest BCUT2D eigenvalue weighted by atomic mass is 10.1. The van der Waals surface area contributed by atoms with Gasteiger partial charge in [0, 0.05) is 57.1 Å². The van der Waals surface area contributed by atoms with E-state index in [4.69, 9.17) is 9.47 Å². The largest absolute Gasteiger partial charge is 0.494 e. The average molecular weight is 435 g/mol. The van der Waals surface area contributed by atoms with E-state index in [1.807, 2.05) is 84.5 Å². The SMILES string of the molecule is CCOc1ccc(OCc2cccc(C(=O)N3CCN(Cc4cnn(C)c4)CC3)c2)cc1. The zero-order valence-electron chi connectivity index (χ0n) is 18.7. The van der Waals surface area contributed by atoms with Gasteiger partial charge in [0.25, 0.3) is 5.91 Å². The fraction of sp³-hybridized carbons (Fsp3) is 0.360. The van der Waals surface area contributed by atoms with Crippen molar-refractivity contribution >= 4 is 5.91 Å². The summed E-state index contributed by atoms with van der Waals surface area (Å²) < 4.78 is 13.2. The summed E-state index contributed by atoms with van der Waals surface area (Å²) in [4.78, 5) is 17.3. The Hall–Kier alpha value is -3.32. The average Bonchev–Trinajstić information content (AvgIpc) is 3.23. The van der Waals surface area contributed by atoms with Crippen molar-refractivity contribution < 1.29 is 14.3 Å². The molecule has 0 aliphatic carbocycles. The summed E-state index contributed by atoms with van der Waals surface area (Å²) in [6.07, 6.45) is 3.94. The van der Waals surface area contributed by atoms with Crippen molar-refractivity contribution in [3.8, 4) is 11.5 Å². The van der Waals surface area contributed by atoms with Gasteiger partial charge in [0.2, 0.25) is 0 Å². The number of carbonyl (C=O) groups excluding carboxylic acids is 1. The molecule has 1 aliphatic rings. The number of carbonyl (C=O) groups is 1. The Balaban J connectivity index is 1.29. The Bertz CT molecular complexity index is 1020. The summed E-state index contributed by atoms with van der Waals surface area (Å²) in [6, 6.07) is 15.3. The number of benzene rings is 2. The van der Waals surface area contributed by atoms with Gasteiger partial charge in [-0.15, -0.1) is 0 Å². The lowest BCUT2D eigenvalue weighted by Crippen LogP contribution is -2.48. The maximum absolute atomic E-state index is 13.0. The van der Waals surface area contributed by atoms with Gasteiger partial charge in [-0.25, -0.2) is 0 Å². The van der Waals surface area contributed by atoms with Crippen molar-refractivity contribution in [3.05, 3.63) is 77.6 Å². The minimum Gasteiger partial charge on any atom is -0.494 e. The minimum absolute atomic E-state index is 0.0777. The van der Waals surface area contributed by atoms with E-state index >= 15 is 0 Å². The van der Waals surface area contributed by atoms with Crippen molar-refractivity contribution in [2.24, 2.45) is 7.05 Å². The number of ether oxygens (including phenoxy) is 2. The third-order valence-electron chi connectivity index (χ3n) is 5.54. The van der Waals surface area contributed by atoms with Crippen LogP contribution in [-0.4, -0.2) is 58.3 Å². The Morgan fingerprint density at radius 1 is 0.969 bits per heavy atom. The van der Waals surface area contributed by atoms with Gasteiger partial charge >= 0.3 is 0 Å². The van der Waals surface area contributed by atoms with Gasteiger partial charge in [-0.2, -0.15) is 5.10 Å². The first-order chi connectivity index (χ1) is 15.6. The molecule has 4 rings (SSSR count). The fourth-order valence-corrected chi connectivity index (χ4v) is 3.86. The lowest BCUT2D eigenvalue weighted by Gasteiger charge is -2.34. The normalized spacial score (nSPS) is 14.4. The number of nitrogens with zero attached hydrogens (tertiary/aromatic N) is 4. The van der Waals surface area contributed by atoms with E-state index in [1.165, 1.54) is 5.56 Å². The number of hydrogen-bond donors (Lipinski definition) is 0. The van der Waals surface area contributed by atoms with Crippen LogP contribution in [0.3, 0.4) is 0 Å². The molecule has 1 aromatic heterocycles. The van der Waals surface area contributed by atoms with Crippen molar-refractivity contribution in [1.29, 1.82) is 0 Å². The van der Waals surface area contributed by atoms with Crippen LogP contribution in [0.25, 0.3) is 0 Å². The molecule has 7 heteroatoms. The van der Waals surface area contributed by atoms with Gasteiger partial charge in [-0.3, -0.25) is 14.4 Å². The molecular formula is C25H30N4O3. The third-order valence-corrected chi connectivity index (χ3v) is 5.54. The topological polar surface area (TPSA) is 59.8 Å². The maximum Gasteiger partial charge on any atom is 0.253 e. The molecule has 2 aromatic carbocycles. The molecule has 1 fully saturated rings. The molecule has 32 heavy (non-hydrogen) atoms. The minimum atomic E-state index is 0.0777. The summed E-state index contributed by atoms with van der Waals surface area (Å²) in [5.41, 5.74) is 2.88. The summed E-state index contributed by atoms with van der Waals surface area (Å²) in [6.45, 7) is 7.06. The van der Waals surface area contributed by atoms with Crippen LogP contribution >= 0.6 is 0 Å². The van der Waals surface area contributed by atoms with Crippen LogP contribution in [0, 0.1) is 0 Å².